The number of carbonyl (C=O) groups excluding carboxylic acids is 1. The highest BCUT2D eigenvalue weighted by atomic mass is 16.5. The van der Waals surface area contributed by atoms with Crippen LogP contribution in [0.5, 0.6) is 5.75 Å². The lowest BCUT2D eigenvalue weighted by atomic mass is 9.95. The standard InChI is InChI=1S/C15H18O2/c1-2-3-6-13(11-16)15-10-9-12-7-4-5-8-14(12)17-15/h4-5,7-11,13,15H,2-3,6H2,1H3/t13-,15-/m0/s1. The summed E-state index contributed by atoms with van der Waals surface area (Å²) < 4.78 is 5.86. The van der Waals surface area contributed by atoms with Gasteiger partial charge in [-0.05, 0) is 18.6 Å². The monoisotopic (exact) mass is 230 g/mol. The van der Waals surface area contributed by atoms with E-state index in [4.69, 9.17) is 4.74 Å². The summed E-state index contributed by atoms with van der Waals surface area (Å²) in [5.41, 5.74) is 1.09. The molecule has 1 aliphatic heterocycles. The first-order valence-electron chi connectivity index (χ1n) is 6.24. The number of para-hydroxylation sites is 1. The number of aldehydes is 1. The fraction of sp³-hybridized carbons (Fsp3) is 0.400. The van der Waals surface area contributed by atoms with Gasteiger partial charge in [0.2, 0.25) is 0 Å². The first kappa shape index (κ1) is 11.9. The summed E-state index contributed by atoms with van der Waals surface area (Å²) in [5, 5.41) is 0. The van der Waals surface area contributed by atoms with Crippen molar-refractivity contribution in [3.05, 3.63) is 35.9 Å². The first-order valence-corrected chi connectivity index (χ1v) is 6.24. The zero-order chi connectivity index (χ0) is 12.1. The Balaban J connectivity index is 2.08. The van der Waals surface area contributed by atoms with Gasteiger partial charge < -0.3 is 9.53 Å². The van der Waals surface area contributed by atoms with E-state index in [9.17, 15) is 4.79 Å². The summed E-state index contributed by atoms with van der Waals surface area (Å²) in [6.45, 7) is 2.13. The smallest absolute Gasteiger partial charge is 0.127 e. The Morgan fingerprint density at radius 1 is 1.41 bits per heavy atom. The summed E-state index contributed by atoms with van der Waals surface area (Å²) >= 11 is 0. The van der Waals surface area contributed by atoms with E-state index in [1.165, 1.54) is 0 Å². The van der Waals surface area contributed by atoms with Crippen molar-refractivity contribution in [2.45, 2.75) is 32.3 Å². The molecule has 17 heavy (non-hydrogen) atoms. The van der Waals surface area contributed by atoms with Gasteiger partial charge in [-0.25, -0.2) is 0 Å². The van der Waals surface area contributed by atoms with Gasteiger partial charge in [-0.2, -0.15) is 0 Å². The van der Waals surface area contributed by atoms with E-state index in [-0.39, 0.29) is 12.0 Å². The van der Waals surface area contributed by atoms with Gasteiger partial charge in [0.1, 0.15) is 18.1 Å². The van der Waals surface area contributed by atoms with Crippen LogP contribution in [0.4, 0.5) is 0 Å². The van der Waals surface area contributed by atoms with E-state index in [2.05, 4.69) is 6.92 Å². The third-order valence-corrected chi connectivity index (χ3v) is 3.14. The number of benzene rings is 1. The van der Waals surface area contributed by atoms with Gasteiger partial charge in [-0.3, -0.25) is 0 Å². The van der Waals surface area contributed by atoms with Crippen LogP contribution in [0.25, 0.3) is 6.08 Å². The second-order valence-electron chi connectivity index (χ2n) is 4.42. The molecule has 0 spiro atoms. The zero-order valence-electron chi connectivity index (χ0n) is 10.1. The molecule has 0 aliphatic carbocycles. The van der Waals surface area contributed by atoms with E-state index < -0.39 is 0 Å². The second-order valence-corrected chi connectivity index (χ2v) is 4.42. The van der Waals surface area contributed by atoms with Gasteiger partial charge in [-0.1, -0.05) is 44.0 Å². The molecular weight excluding hydrogens is 212 g/mol. The molecule has 0 aromatic heterocycles. The fourth-order valence-corrected chi connectivity index (χ4v) is 2.09. The molecule has 0 bridgehead atoms. The van der Waals surface area contributed by atoms with Gasteiger partial charge in [0.05, 0.1) is 5.92 Å². The molecule has 2 atom stereocenters. The molecule has 2 heteroatoms. The number of fused-ring (bicyclic) bond motifs is 1. The Morgan fingerprint density at radius 3 is 3.00 bits per heavy atom. The average molecular weight is 230 g/mol. The van der Waals surface area contributed by atoms with Crippen LogP contribution >= 0.6 is 0 Å². The van der Waals surface area contributed by atoms with E-state index in [0.29, 0.717) is 0 Å². The molecule has 2 rings (SSSR count). The third-order valence-electron chi connectivity index (χ3n) is 3.14. The molecule has 0 radical (unpaired) electrons. The maximum absolute atomic E-state index is 11.1. The van der Waals surface area contributed by atoms with E-state index in [1.54, 1.807) is 0 Å². The highest BCUT2D eigenvalue weighted by Crippen LogP contribution is 2.28. The highest BCUT2D eigenvalue weighted by molar-refractivity contribution is 5.62. The summed E-state index contributed by atoms with van der Waals surface area (Å²) in [7, 11) is 0. The number of hydrogen-bond acceptors (Lipinski definition) is 2. The average Bonchev–Trinajstić information content (AvgIpc) is 2.39. The van der Waals surface area contributed by atoms with Crippen LogP contribution in [0.15, 0.2) is 30.3 Å². The van der Waals surface area contributed by atoms with Crippen LogP contribution < -0.4 is 4.74 Å². The van der Waals surface area contributed by atoms with Crippen LogP contribution in [0.2, 0.25) is 0 Å². The van der Waals surface area contributed by atoms with Crippen LogP contribution in [-0.2, 0) is 4.79 Å². The lowest BCUT2D eigenvalue weighted by Crippen LogP contribution is -2.28. The lowest BCUT2D eigenvalue weighted by Gasteiger charge is -2.25. The maximum Gasteiger partial charge on any atom is 0.127 e. The number of carbonyl (C=O) groups is 1. The molecule has 90 valence electrons. The molecule has 1 aromatic rings. The van der Waals surface area contributed by atoms with Gasteiger partial charge in [0.15, 0.2) is 0 Å². The SMILES string of the molecule is CCCC[C@@H](C=O)[C@@H]1C=Cc2ccccc2O1. The Morgan fingerprint density at radius 2 is 2.24 bits per heavy atom. The summed E-state index contributed by atoms with van der Waals surface area (Å²) in [6, 6.07) is 7.91. The molecular formula is C15H18O2. The number of unbranched alkanes of at least 4 members (excludes halogenated alkanes) is 1. The molecule has 0 amide bonds. The molecule has 1 heterocycles. The Hall–Kier alpha value is -1.57. The third kappa shape index (κ3) is 2.76. The molecule has 0 N–H and O–H groups in total. The van der Waals surface area contributed by atoms with Crippen molar-refractivity contribution in [1.29, 1.82) is 0 Å². The molecule has 0 saturated carbocycles. The molecule has 0 fully saturated rings. The van der Waals surface area contributed by atoms with Gasteiger partial charge in [-0.15, -0.1) is 0 Å². The van der Waals surface area contributed by atoms with Crippen LogP contribution in [0, 0.1) is 5.92 Å². The highest BCUT2D eigenvalue weighted by Gasteiger charge is 2.23. The minimum absolute atomic E-state index is 0.0282. The minimum atomic E-state index is -0.103. The molecule has 1 aliphatic rings. The predicted molar refractivity (Wildman–Crippen MR) is 69.0 cm³/mol. The predicted octanol–water partition coefficient (Wildman–Crippen LogP) is 3.47. The second kappa shape index (κ2) is 5.67. The zero-order valence-corrected chi connectivity index (χ0v) is 10.1. The topological polar surface area (TPSA) is 26.3 Å². The van der Waals surface area contributed by atoms with Gasteiger partial charge >= 0.3 is 0 Å². The van der Waals surface area contributed by atoms with Crippen molar-refractivity contribution in [1.82, 2.24) is 0 Å². The molecule has 2 nitrogen and oxygen atoms in total. The van der Waals surface area contributed by atoms with Crippen molar-refractivity contribution in [3.8, 4) is 5.75 Å². The minimum Gasteiger partial charge on any atom is -0.485 e. The Bertz CT molecular complexity index is 409. The van der Waals surface area contributed by atoms with E-state index >= 15 is 0 Å². The Labute approximate surface area is 102 Å². The van der Waals surface area contributed by atoms with Crippen LogP contribution in [-0.4, -0.2) is 12.4 Å². The van der Waals surface area contributed by atoms with Crippen molar-refractivity contribution in [2.24, 2.45) is 5.92 Å². The molecule has 0 saturated heterocycles. The summed E-state index contributed by atoms with van der Waals surface area (Å²) in [6.07, 6.45) is 8.04. The maximum atomic E-state index is 11.1. The van der Waals surface area contributed by atoms with Crippen LogP contribution in [0.1, 0.15) is 31.7 Å². The first-order chi connectivity index (χ1) is 8.35. The summed E-state index contributed by atoms with van der Waals surface area (Å²) in [5.74, 6) is 0.850. The molecule has 0 unspecified atom stereocenters. The number of hydrogen-bond donors (Lipinski definition) is 0. The van der Waals surface area contributed by atoms with Crippen molar-refractivity contribution < 1.29 is 9.53 Å². The van der Waals surface area contributed by atoms with Gasteiger partial charge in [0, 0.05) is 5.56 Å². The fourth-order valence-electron chi connectivity index (χ4n) is 2.09. The van der Waals surface area contributed by atoms with Crippen LogP contribution in [0.3, 0.4) is 0 Å². The summed E-state index contributed by atoms with van der Waals surface area (Å²) in [4.78, 5) is 11.1. The van der Waals surface area contributed by atoms with Crippen molar-refractivity contribution >= 4 is 12.4 Å². The van der Waals surface area contributed by atoms with Crippen molar-refractivity contribution in [3.63, 3.8) is 0 Å². The van der Waals surface area contributed by atoms with E-state index in [0.717, 1.165) is 36.9 Å². The Kier molecular flexibility index (Phi) is 3.97. The number of rotatable bonds is 5. The van der Waals surface area contributed by atoms with E-state index in [1.807, 2.05) is 36.4 Å². The lowest BCUT2D eigenvalue weighted by molar-refractivity contribution is -0.113. The largest absolute Gasteiger partial charge is 0.485 e. The molecule has 1 aromatic carbocycles. The number of ether oxygens (including phenoxy) is 1. The quantitative estimate of drug-likeness (QED) is 0.724. The normalized spacial score (nSPS) is 19.2. The van der Waals surface area contributed by atoms with Crippen molar-refractivity contribution in [2.75, 3.05) is 0 Å². The van der Waals surface area contributed by atoms with Gasteiger partial charge in [0.25, 0.3) is 0 Å².